The van der Waals surface area contributed by atoms with Crippen molar-refractivity contribution in [2.24, 2.45) is 5.10 Å². The van der Waals surface area contributed by atoms with E-state index in [0.717, 1.165) is 12.0 Å². The Hall–Kier alpha value is -3.75. The summed E-state index contributed by atoms with van der Waals surface area (Å²) in [6.45, 7) is 2.80. The van der Waals surface area contributed by atoms with Crippen molar-refractivity contribution in [3.05, 3.63) is 81.8 Å². The van der Waals surface area contributed by atoms with Crippen molar-refractivity contribution in [3.63, 3.8) is 0 Å². The number of ether oxygens (including phenoxy) is 3. The molecule has 0 unspecified atom stereocenters. The van der Waals surface area contributed by atoms with E-state index in [1.165, 1.54) is 13.3 Å². The lowest BCUT2D eigenvalue weighted by molar-refractivity contribution is -0.136. The van der Waals surface area contributed by atoms with E-state index in [0.29, 0.717) is 40.1 Å². The second-order valence-electron chi connectivity index (χ2n) is 7.44. The minimum atomic E-state index is -0.935. The van der Waals surface area contributed by atoms with E-state index in [2.05, 4.69) is 15.8 Å². The minimum absolute atomic E-state index is 0.197. The van der Waals surface area contributed by atoms with Gasteiger partial charge >= 0.3 is 11.8 Å². The van der Waals surface area contributed by atoms with Crippen molar-refractivity contribution in [3.8, 4) is 17.2 Å². The van der Waals surface area contributed by atoms with Crippen LogP contribution in [-0.4, -0.2) is 31.7 Å². The van der Waals surface area contributed by atoms with E-state index in [4.69, 9.17) is 37.4 Å². The number of nitrogens with one attached hydrogen (secondary N) is 2. The predicted molar refractivity (Wildman–Crippen MR) is 140 cm³/mol. The van der Waals surface area contributed by atoms with Gasteiger partial charge in [-0.2, -0.15) is 5.10 Å². The van der Waals surface area contributed by atoms with E-state index in [1.807, 2.05) is 25.1 Å². The van der Waals surface area contributed by atoms with Crippen LogP contribution in [0, 0.1) is 0 Å². The summed E-state index contributed by atoms with van der Waals surface area (Å²) in [5, 5.41) is 7.17. The number of rotatable bonds is 10. The van der Waals surface area contributed by atoms with E-state index in [1.54, 1.807) is 42.5 Å². The maximum atomic E-state index is 12.1. The average Bonchev–Trinajstić information content (AvgIpc) is 2.88. The van der Waals surface area contributed by atoms with Crippen molar-refractivity contribution < 1.29 is 23.8 Å². The van der Waals surface area contributed by atoms with Crippen LogP contribution in [0.1, 0.15) is 24.5 Å². The van der Waals surface area contributed by atoms with Gasteiger partial charge in [0.1, 0.15) is 12.4 Å². The highest BCUT2D eigenvalue weighted by molar-refractivity contribution is 6.39. The van der Waals surface area contributed by atoms with Gasteiger partial charge in [0.25, 0.3) is 0 Å². The molecule has 3 rings (SSSR count). The molecule has 0 atom stereocenters. The van der Waals surface area contributed by atoms with Gasteiger partial charge in [-0.25, -0.2) is 5.43 Å². The maximum Gasteiger partial charge on any atom is 0.329 e. The first-order valence-electron chi connectivity index (χ1n) is 11.0. The smallest absolute Gasteiger partial charge is 0.329 e. The monoisotopic (exact) mass is 529 g/mol. The van der Waals surface area contributed by atoms with Gasteiger partial charge in [0.2, 0.25) is 0 Å². The van der Waals surface area contributed by atoms with Gasteiger partial charge in [0.15, 0.2) is 11.5 Å². The van der Waals surface area contributed by atoms with Crippen molar-refractivity contribution in [2.75, 3.05) is 19.0 Å². The second kappa shape index (κ2) is 13.4. The summed E-state index contributed by atoms with van der Waals surface area (Å²) in [5.41, 5.74) is 3.94. The molecule has 0 fully saturated rings. The highest BCUT2D eigenvalue weighted by atomic mass is 35.5. The lowest BCUT2D eigenvalue weighted by Crippen LogP contribution is -2.32. The Morgan fingerprint density at radius 2 is 1.72 bits per heavy atom. The molecule has 0 heterocycles. The summed E-state index contributed by atoms with van der Waals surface area (Å²) in [5.74, 6) is -0.418. The molecule has 0 aliphatic rings. The van der Waals surface area contributed by atoms with Gasteiger partial charge in [-0.3, -0.25) is 9.59 Å². The zero-order valence-corrected chi connectivity index (χ0v) is 21.2. The normalized spacial score (nSPS) is 10.7. The minimum Gasteiger partial charge on any atom is -0.494 e. The number of hydrazone groups is 1. The number of carbonyl (C=O) groups excluding carboxylic acids is 2. The molecule has 8 nitrogen and oxygen atoms in total. The highest BCUT2D eigenvalue weighted by Crippen LogP contribution is 2.37. The van der Waals surface area contributed by atoms with Crippen LogP contribution in [0.25, 0.3) is 0 Å². The fraction of sp³-hybridized carbons (Fsp3) is 0.192. The van der Waals surface area contributed by atoms with Crippen LogP contribution in [-0.2, 0) is 16.2 Å². The molecule has 0 bridgehead atoms. The number of hydrogen-bond donors (Lipinski definition) is 2. The Morgan fingerprint density at radius 3 is 2.42 bits per heavy atom. The van der Waals surface area contributed by atoms with Gasteiger partial charge in [0.05, 0.1) is 25.0 Å². The van der Waals surface area contributed by atoms with Crippen LogP contribution in [0.2, 0.25) is 10.0 Å². The molecule has 0 aromatic heterocycles. The maximum absolute atomic E-state index is 12.1. The fourth-order valence-corrected chi connectivity index (χ4v) is 3.44. The van der Waals surface area contributed by atoms with Crippen LogP contribution in [0.5, 0.6) is 17.2 Å². The number of benzene rings is 3. The molecular weight excluding hydrogens is 505 g/mol. The average molecular weight is 530 g/mol. The zero-order chi connectivity index (χ0) is 25.9. The van der Waals surface area contributed by atoms with Gasteiger partial charge in [-0.1, -0.05) is 48.3 Å². The van der Waals surface area contributed by atoms with Crippen molar-refractivity contribution >= 4 is 46.9 Å². The molecule has 2 amide bonds. The standard InChI is InChI=1S/C26H25Cl2N3O5/c1-3-12-35-20-10-8-19(9-11-20)30-25(32)26(33)31-29-15-17-13-22(28)24(23(14-17)34-2)36-16-18-6-4-5-7-21(18)27/h4-11,13-15H,3,12,16H2,1-2H3,(H,30,32)(H,31,33)/b29-15-. The van der Waals surface area contributed by atoms with Gasteiger partial charge in [0, 0.05) is 16.3 Å². The first-order valence-corrected chi connectivity index (χ1v) is 11.8. The van der Waals surface area contributed by atoms with Crippen molar-refractivity contribution in [1.82, 2.24) is 5.43 Å². The summed E-state index contributed by atoms with van der Waals surface area (Å²) in [4.78, 5) is 24.2. The van der Waals surface area contributed by atoms with Crippen LogP contribution in [0.3, 0.4) is 0 Å². The number of halogens is 2. The molecule has 10 heteroatoms. The Morgan fingerprint density at radius 1 is 0.972 bits per heavy atom. The lowest BCUT2D eigenvalue weighted by atomic mass is 10.2. The number of carbonyl (C=O) groups is 2. The van der Waals surface area contributed by atoms with E-state index in [9.17, 15) is 9.59 Å². The van der Waals surface area contributed by atoms with E-state index < -0.39 is 11.8 Å². The Labute approximate surface area is 219 Å². The summed E-state index contributed by atoms with van der Waals surface area (Å²) >= 11 is 12.6. The SMILES string of the molecule is CCCOc1ccc(NC(=O)C(=O)N/N=C\c2cc(Cl)c(OCc3ccccc3Cl)c(OC)c2)cc1. The van der Waals surface area contributed by atoms with Crippen LogP contribution in [0.15, 0.2) is 65.8 Å². The van der Waals surface area contributed by atoms with Crippen molar-refractivity contribution in [1.29, 1.82) is 0 Å². The molecule has 0 saturated heterocycles. The predicted octanol–water partition coefficient (Wildman–Crippen LogP) is 5.46. The molecular formula is C26H25Cl2N3O5. The zero-order valence-electron chi connectivity index (χ0n) is 19.7. The van der Waals surface area contributed by atoms with Crippen LogP contribution < -0.4 is 25.0 Å². The molecule has 3 aromatic carbocycles. The molecule has 0 saturated carbocycles. The number of hydrogen-bond acceptors (Lipinski definition) is 6. The number of anilines is 1. The molecule has 0 radical (unpaired) electrons. The van der Waals surface area contributed by atoms with Crippen LogP contribution in [0.4, 0.5) is 5.69 Å². The third-order valence-electron chi connectivity index (χ3n) is 4.75. The first kappa shape index (κ1) is 26.8. The number of amides is 2. The van der Waals surface area contributed by atoms with Gasteiger partial charge < -0.3 is 19.5 Å². The first-order chi connectivity index (χ1) is 17.4. The number of methoxy groups -OCH3 is 1. The summed E-state index contributed by atoms with van der Waals surface area (Å²) < 4.78 is 16.7. The largest absolute Gasteiger partial charge is 0.494 e. The third kappa shape index (κ3) is 7.63. The lowest BCUT2D eigenvalue weighted by Gasteiger charge is -2.14. The molecule has 0 aliphatic carbocycles. The Kier molecular flexibility index (Phi) is 9.97. The molecule has 188 valence electrons. The van der Waals surface area contributed by atoms with Crippen LogP contribution >= 0.6 is 23.2 Å². The number of nitrogens with zero attached hydrogens (tertiary/aromatic N) is 1. The van der Waals surface area contributed by atoms with E-state index >= 15 is 0 Å². The molecule has 0 aliphatic heterocycles. The molecule has 2 N–H and O–H groups in total. The Bertz CT molecular complexity index is 1230. The quantitative estimate of drug-likeness (QED) is 0.206. The Balaban J connectivity index is 1.57. The second-order valence-corrected chi connectivity index (χ2v) is 8.25. The summed E-state index contributed by atoms with van der Waals surface area (Å²) in [6, 6.07) is 17.2. The third-order valence-corrected chi connectivity index (χ3v) is 5.40. The van der Waals surface area contributed by atoms with Crippen molar-refractivity contribution in [2.45, 2.75) is 20.0 Å². The van der Waals surface area contributed by atoms with Gasteiger partial charge in [-0.15, -0.1) is 0 Å². The molecule has 3 aromatic rings. The van der Waals surface area contributed by atoms with E-state index in [-0.39, 0.29) is 11.6 Å². The summed E-state index contributed by atoms with van der Waals surface area (Å²) in [6.07, 6.45) is 2.22. The fourth-order valence-electron chi connectivity index (χ4n) is 2.98. The highest BCUT2D eigenvalue weighted by Gasteiger charge is 2.14. The topological polar surface area (TPSA) is 98.2 Å². The molecule has 0 spiro atoms. The van der Waals surface area contributed by atoms with Gasteiger partial charge in [-0.05, 0) is 54.4 Å². The summed E-state index contributed by atoms with van der Waals surface area (Å²) in [7, 11) is 1.48. The molecule has 36 heavy (non-hydrogen) atoms.